The number of hydrogen-bond acceptors (Lipinski definition) is 8. The first-order chi connectivity index (χ1) is 19.1. The zero-order valence-electron chi connectivity index (χ0n) is 21.0. The number of aryl methyl sites for hydroxylation is 1. The van der Waals surface area contributed by atoms with Gasteiger partial charge < -0.3 is 16.8 Å². The summed E-state index contributed by atoms with van der Waals surface area (Å²) in [6.07, 6.45) is 4.08. The van der Waals surface area contributed by atoms with E-state index in [0.29, 0.717) is 27.8 Å². The fourth-order valence-electron chi connectivity index (χ4n) is 4.65. The zero-order valence-corrected chi connectivity index (χ0v) is 21.0. The molecule has 0 aliphatic heterocycles. The van der Waals surface area contributed by atoms with Crippen LogP contribution >= 0.6 is 0 Å². The number of nitrogens with one attached hydrogen (secondary N) is 1. The van der Waals surface area contributed by atoms with Crippen LogP contribution in [-0.4, -0.2) is 35.6 Å². The van der Waals surface area contributed by atoms with E-state index in [1.807, 2.05) is 13.2 Å². The molecule has 5 N–H and O–H groups in total. The lowest BCUT2D eigenvalue weighted by molar-refractivity contribution is -0.137. The third-order valence-electron chi connectivity index (χ3n) is 6.86. The van der Waals surface area contributed by atoms with Crippen LogP contribution in [0.5, 0.6) is 0 Å². The summed E-state index contributed by atoms with van der Waals surface area (Å²) in [5, 5.41) is 8.36. The summed E-state index contributed by atoms with van der Waals surface area (Å²) < 4.78 is 41.4. The van der Waals surface area contributed by atoms with Gasteiger partial charge in [0.05, 0.1) is 23.1 Å². The number of carbonyl (C=O) groups is 1. The van der Waals surface area contributed by atoms with Crippen molar-refractivity contribution >= 4 is 34.1 Å². The Morgan fingerprint density at radius 2 is 1.77 bits per heavy atom. The van der Waals surface area contributed by atoms with Crippen molar-refractivity contribution in [3.63, 3.8) is 0 Å². The van der Waals surface area contributed by atoms with Crippen LogP contribution in [0.4, 0.5) is 30.6 Å². The maximum absolute atomic E-state index is 13.2. The van der Waals surface area contributed by atoms with Crippen LogP contribution in [-0.2, 0) is 18.0 Å². The van der Waals surface area contributed by atoms with Crippen LogP contribution in [0.25, 0.3) is 33.3 Å². The second-order valence-electron chi connectivity index (χ2n) is 9.66. The number of anilines is 3. The Kier molecular flexibility index (Phi) is 5.86. The monoisotopic (exact) mass is 545 g/mol. The molecule has 40 heavy (non-hydrogen) atoms. The highest BCUT2D eigenvalue weighted by molar-refractivity contribution is 5.98. The summed E-state index contributed by atoms with van der Waals surface area (Å²) in [6.45, 7) is 0. The zero-order chi connectivity index (χ0) is 28.2. The van der Waals surface area contributed by atoms with Crippen LogP contribution in [0.2, 0.25) is 0 Å². The molecule has 13 heteroatoms. The van der Waals surface area contributed by atoms with Gasteiger partial charge in [0, 0.05) is 54.3 Å². The lowest BCUT2D eigenvalue weighted by atomic mass is 10.1. The third kappa shape index (κ3) is 4.77. The Hall–Kier alpha value is -5.07. The molecule has 5 aromatic heterocycles. The van der Waals surface area contributed by atoms with E-state index in [-0.39, 0.29) is 34.8 Å². The first-order valence-corrected chi connectivity index (χ1v) is 12.2. The number of nitrogens with two attached hydrogens (primary N) is 2. The van der Waals surface area contributed by atoms with Gasteiger partial charge in [-0.2, -0.15) is 18.3 Å². The van der Waals surface area contributed by atoms with Gasteiger partial charge in [0.1, 0.15) is 17.5 Å². The van der Waals surface area contributed by atoms with Crippen molar-refractivity contribution in [2.45, 2.75) is 18.5 Å². The summed E-state index contributed by atoms with van der Waals surface area (Å²) in [4.78, 5) is 29.5. The van der Waals surface area contributed by atoms with Crippen molar-refractivity contribution in [3.8, 4) is 22.5 Å². The van der Waals surface area contributed by atoms with Crippen molar-refractivity contribution in [2.75, 3.05) is 16.8 Å². The predicted octanol–water partition coefficient (Wildman–Crippen LogP) is 4.41. The summed E-state index contributed by atoms with van der Waals surface area (Å²) in [7, 11) is 1.84. The molecule has 0 spiro atoms. The van der Waals surface area contributed by atoms with Crippen LogP contribution < -0.4 is 16.8 Å². The van der Waals surface area contributed by atoms with E-state index in [4.69, 9.17) is 11.5 Å². The van der Waals surface area contributed by atoms with E-state index in [9.17, 15) is 18.0 Å². The maximum atomic E-state index is 13.2. The minimum atomic E-state index is -4.63. The number of carbonyl (C=O) groups excluding carboxylic acids is 1. The van der Waals surface area contributed by atoms with Gasteiger partial charge in [0.15, 0.2) is 0 Å². The normalized spacial score (nSPS) is 16.7. The van der Waals surface area contributed by atoms with E-state index in [1.54, 1.807) is 41.3 Å². The number of amides is 1. The summed E-state index contributed by atoms with van der Waals surface area (Å²) >= 11 is 0. The highest BCUT2D eigenvalue weighted by Crippen LogP contribution is 2.47. The van der Waals surface area contributed by atoms with Crippen LogP contribution in [0.3, 0.4) is 0 Å². The van der Waals surface area contributed by atoms with Gasteiger partial charge in [0.25, 0.3) is 0 Å². The number of fused-ring (bicyclic) bond motifs is 1. The molecular formula is C27H22F3N9O. The summed E-state index contributed by atoms with van der Waals surface area (Å²) in [5.74, 6) is -0.102. The van der Waals surface area contributed by atoms with E-state index < -0.39 is 17.6 Å². The quantitative estimate of drug-likeness (QED) is 0.294. The lowest BCUT2D eigenvalue weighted by Crippen LogP contribution is -2.15. The highest BCUT2D eigenvalue weighted by atomic mass is 19.4. The number of alkyl halides is 3. The molecule has 1 aliphatic rings. The number of hydrogen-bond donors (Lipinski definition) is 3. The second kappa shape index (κ2) is 9.29. The van der Waals surface area contributed by atoms with E-state index in [2.05, 4.69) is 30.4 Å². The maximum Gasteiger partial charge on any atom is 0.419 e. The molecule has 2 atom stereocenters. The number of nitrogen functional groups attached to an aromatic ring is 2. The number of rotatable bonds is 5. The van der Waals surface area contributed by atoms with Gasteiger partial charge in [-0.15, -0.1) is 0 Å². The van der Waals surface area contributed by atoms with Crippen LogP contribution in [0, 0.1) is 5.92 Å². The largest absolute Gasteiger partial charge is 0.419 e. The van der Waals surface area contributed by atoms with Gasteiger partial charge >= 0.3 is 6.18 Å². The Balaban J connectivity index is 1.23. The van der Waals surface area contributed by atoms with Gasteiger partial charge in [0.2, 0.25) is 5.91 Å². The molecular weight excluding hydrogens is 523 g/mol. The fraction of sp³-hybridized carbons (Fsp3) is 0.185. The van der Waals surface area contributed by atoms with Gasteiger partial charge in [-0.05, 0) is 53.6 Å². The van der Waals surface area contributed by atoms with Gasteiger partial charge in [-0.1, -0.05) is 0 Å². The van der Waals surface area contributed by atoms with Crippen molar-refractivity contribution in [1.82, 2.24) is 29.7 Å². The van der Waals surface area contributed by atoms with Crippen molar-refractivity contribution in [2.24, 2.45) is 13.0 Å². The molecule has 0 aromatic carbocycles. The van der Waals surface area contributed by atoms with Crippen molar-refractivity contribution in [3.05, 3.63) is 72.4 Å². The van der Waals surface area contributed by atoms with Gasteiger partial charge in [-0.3, -0.25) is 14.5 Å². The molecule has 202 valence electrons. The molecule has 5 aromatic rings. The predicted molar refractivity (Wildman–Crippen MR) is 143 cm³/mol. The Bertz CT molecular complexity index is 1770. The molecule has 0 saturated heterocycles. The SMILES string of the molecule is Cn1cc([C@@H]2C[C@H]2C(=O)Nc2cc3cc(-c4ccc(-c5cnc(N)c(C(F)(F)F)c5)nc4)nc(N)c3cn2)cn1. The molecule has 1 amide bonds. The fourth-order valence-corrected chi connectivity index (χ4v) is 4.65. The van der Waals surface area contributed by atoms with Crippen LogP contribution in [0.1, 0.15) is 23.5 Å². The molecule has 1 saturated carbocycles. The summed E-state index contributed by atoms with van der Waals surface area (Å²) in [5.41, 5.74) is 13.1. The lowest BCUT2D eigenvalue weighted by Gasteiger charge is -2.11. The average Bonchev–Trinajstić information content (AvgIpc) is 3.61. The minimum Gasteiger partial charge on any atom is -0.383 e. The van der Waals surface area contributed by atoms with E-state index in [0.717, 1.165) is 18.1 Å². The molecule has 5 heterocycles. The third-order valence-corrected chi connectivity index (χ3v) is 6.86. The molecule has 0 unspecified atom stereocenters. The molecule has 0 bridgehead atoms. The standard InChI is InChI=1S/C27H22F3N9O/c1-39-12-16(10-36-39)17-7-18(17)26(40)38-23-6-14-5-22(37-24(31)19(14)11-34-23)13-2-3-21(33-8-13)15-4-20(27(28,29)30)25(32)35-9-15/h2-6,8-12,17-18H,7H2,1H3,(H2,31,37)(H2,32,35)(H,34,38,40)/t17-,18+/m0/s1. The first-order valence-electron chi connectivity index (χ1n) is 12.2. The molecule has 6 rings (SSSR count). The average molecular weight is 546 g/mol. The van der Waals surface area contributed by atoms with E-state index >= 15 is 0 Å². The molecule has 10 nitrogen and oxygen atoms in total. The number of aromatic nitrogens is 6. The highest BCUT2D eigenvalue weighted by Gasteiger charge is 2.44. The molecule has 1 fully saturated rings. The number of halogens is 3. The topological polar surface area (TPSA) is 151 Å². The number of nitrogens with zero attached hydrogens (tertiary/aromatic N) is 6. The molecule has 0 radical (unpaired) electrons. The van der Waals surface area contributed by atoms with Crippen LogP contribution in [0.15, 0.2) is 61.3 Å². The first kappa shape index (κ1) is 25.2. The second-order valence-corrected chi connectivity index (χ2v) is 9.66. The van der Waals surface area contributed by atoms with E-state index in [1.165, 1.54) is 12.4 Å². The van der Waals surface area contributed by atoms with Crippen molar-refractivity contribution < 1.29 is 18.0 Å². The molecule has 1 aliphatic carbocycles. The Labute approximate surface area is 225 Å². The summed E-state index contributed by atoms with van der Waals surface area (Å²) in [6, 6.07) is 7.66. The minimum absolute atomic E-state index is 0.117. The van der Waals surface area contributed by atoms with Gasteiger partial charge in [-0.25, -0.2) is 15.0 Å². The van der Waals surface area contributed by atoms with Crippen molar-refractivity contribution in [1.29, 1.82) is 0 Å². The Morgan fingerprint density at radius 1 is 0.975 bits per heavy atom. The Morgan fingerprint density at radius 3 is 2.48 bits per heavy atom. The number of pyridine rings is 4. The smallest absolute Gasteiger partial charge is 0.383 e.